The first-order valence-corrected chi connectivity index (χ1v) is 9.14. The van der Waals surface area contributed by atoms with Gasteiger partial charge in [0.2, 0.25) is 0 Å². The Hall–Kier alpha value is -2.15. The molecule has 1 saturated carbocycles. The van der Waals surface area contributed by atoms with Gasteiger partial charge in [-0.2, -0.15) is 0 Å². The molecular formula is C17H19N5OS. The smallest absolute Gasteiger partial charge is 0.258 e. The van der Waals surface area contributed by atoms with Crippen molar-refractivity contribution < 1.29 is 0 Å². The number of H-pyrrole nitrogens is 1. The number of aromatic amines is 1. The fourth-order valence-electron chi connectivity index (χ4n) is 2.84. The molecular weight excluding hydrogens is 322 g/mol. The van der Waals surface area contributed by atoms with E-state index in [1.807, 2.05) is 25.1 Å². The van der Waals surface area contributed by atoms with Gasteiger partial charge in [-0.25, -0.2) is 4.98 Å². The van der Waals surface area contributed by atoms with Gasteiger partial charge in [0.05, 0.1) is 16.2 Å². The minimum atomic E-state index is -0.0984. The average Bonchev–Trinajstić information content (AvgIpc) is 3.36. The molecule has 7 heteroatoms. The molecule has 0 bridgehead atoms. The highest BCUT2D eigenvalue weighted by Gasteiger charge is 2.30. The van der Waals surface area contributed by atoms with Crippen LogP contribution in [0.25, 0.3) is 10.9 Å². The zero-order valence-electron chi connectivity index (χ0n) is 13.7. The van der Waals surface area contributed by atoms with Crippen molar-refractivity contribution in [3.63, 3.8) is 0 Å². The molecule has 0 spiro atoms. The Morgan fingerprint density at radius 3 is 2.88 bits per heavy atom. The van der Waals surface area contributed by atoms with Crippen LogP contribution >= 0.6 is 11.8 Å². The van der Waals surface area contributed by atoms with Gasteiger partial charge in [0, 0.05) is 12.5 Å². The molecule has 2 aromatic heterocycles. The maximum atomic E-state index is 12.2. The number of rotatable bonds is 5. The molecule has 4 rings (SSSR count). The van der Waals surface area contributed by atoms with Crippen molar-refractivity contribution in [2.45, 2.75) is 49.6 Å². The van der Waals surface area contributed by atoms with Crippen LogP contribution in [0.5, 0.6) is 0 Å². The maximum Gasteiger partial charge on any atom is 0.258 e. The summed E-state index contributed by atoms with van der Waals surface area (Å²) in [4.78, 5) is 19.8. The summed E-state index contributed by atoms with van der Waals surface area (Å²) in [5.74, 6) is 2.33. The Labute approximate surface area is 143 Å². The summed E-state index contributed by atoms with van der Waals surface area (Å²) in [5, 5.41) is 10.2. The minimum Gasteiger partial charge on any atom is -0.309 e. The summed E-state index contributed by atoms with van der Waals surface area (Å²) < 4.78 is 2.18. The van der Waals surface area contributed by atoms with Crippen LogP contribution < -0.4 is 5.56 Å². The largest absolute Gasteiger partial charge is 0.309 e. The van der Waals surface area contributed by atoms with Crippen LogP contribution in [0.1, 0.15) is 49.5 Å². The predicted octanol–water partition coefficient (Wildman–Crippen LogP) is 3.27. The topological polar surface area (TPSA) is 76.5 Å². The molecule has 0 amide bonds. The van der Waals surface area contributed by atoms with Crippen LogP contribution in [-0.2, 0) is 6.54 Å². The standard InChI is InChI=1S/C17H19N5OS/c1-3-22-15(11-8-9-11)20-21-17(22)24-10(2)14-18-13-7-5-4-6-12(13)16(23)19-14/h4-7,10-11H,3,8-9H2,1-2H3,(H,18,19,23)/t10-/m1/s1. The second kappa shape index (κ2) is 6.05. The minimum absolute atomic E-state index is 0.0103. The van der Waals surface area contributed by atoms with Crippen LogP contribution in [0.2, 0.25) is 0 Å². The van der Waals surface area contributed by atoms with Gasteiger partial charge in [0.25, 0.3) is 5.56 Å². The first kappa shape index (κ1) is 15.4. The van der Waals surface area contributed by atoms with E-state index in [-0.39, 0.29) is 10.8 Å². The second-order valence-electron chi connectivity index (χ2n) is 6.09. The van der Waals surface area contributed by atoms with Crippen LogP contribution in [0.15, 0.2) is 34.2 Å². The second-order valence-corrected chi connectivity index (χ2v) is 7.40. The third-order valence-electron chi connectivity index (χ3n) is 4.30. The van der Waals surface area contributed by atoms with Crippen LogP contribution in [0.3, 0.4) is 0 Å². The zero-order chi connectivity index (χ0) is 16.7. The molecule has 2 heterocycles. The van der Waals surface area contributed by atoms with E-state index in [0.717, 1.165) is 23.0 Å². The first-order valence-electron chi connectivity index (χ1n) is 8.26. The quantitative estimate of drug-likeness (QED) is 0.721. The number of thioether (sulfide) groups is 1. The molecule has 1 aromatic carbocycles. The molecule has 0 radical (unpaired) electrons. The average molecular weight is 341 g/mol. The van der Waals surface area contributed by atoms with Gasteiger partial charge in [-0.15, -0.1) is 10.2 Å². The highest BCUT2D eigenvalue weighted by Crippen LogP contribution is 2.41. The third kappa shape index (κ3) is 2.73. The highest BCUT2D eigenvalue weighted by atomic mass is 32.2. The van der Waals surface area contributed by atoms with Gasteiger partial charge in [-0.05, 0) is 38.8 Å². The summed E-state index contributed by atoms with van der Waals surface area (Å²) in [7, 11) is 0. The molecule has 24 heavy (non-hydrogen) atoms. The van der Waals surface area contributed by atoms with E-state index < -0.39 is 0 Å². The summed E-state index contributed by atoms with van der Waals surface area (Å²) >= 11 is 1.59. The molecule has 1 aliphatic carbocycles. The van der Waals surface area contributed by atoms with E-state index in [2.05, 4.69) is 31.7 Å². The van der Waals surface area contributed by atoms with Gasteiger partial charge >= 0.3 is 0 Å². The fraction of sp³-hybridized carbons (Fsp3) is 0.412. The summed E-state index contributed by atoms with van der Waals surface area (Å²) in [6.07, 6.45) is 2.41. The van der Waals surface area contributed by atoms with Crippen LogP contribution in [0, 0.1) is 0 Å². The number of benzene rings is 1. The van der Waals surface area contributed by atoms with Crippen molar-refractivity contribution in [3.05, 3.63) is 46.3 Å². The molecule has 0 aliphatic heterocycles. The van der Waals surface area contributed by atoms with Crippen molar-refractivity contribution in [2.24, 2.45) is 0 Å². The van der Waals surface area contributed by atoms with Gasteiger partial charge in [0.1, 0.15) is 11.6 Å². The Kier molecular flexibility index (Phi) is 3.88. The van der Waals surface area contributed by atoms with Crippen LogP contribution in [0.4, 0.5) is 0 Å². The lowest BCUT2D eigenvalue weighted by molar-refractivity contribution is 0.642. The molecule has 124 valence electrons. The Bertz CT molecular complexity index is 944. The Morgan fingerprint density at radius 1 is 1.33 bits per heavy atom. The maximum absolute atomic E-state index is 12.2. The third-order valence-corrected chi connectivity index (χ3v) is 5.39. The molecule has 1 N–H and O–H groups in total. The Balaban J connectivity index is 1.65. The van der Waals surface area contributed by atoms with E-state index in [4.69, 9.17) is 0 Å². The van der Waals surface area contributed by atoms with Gasteiger partial charge in [0.15, 0.2) is 5.16 Å². The molecule has 6 nitrogen and oxygen atoms in total. The summed E-state index contributed by atoms with van der Waals surface area (Å²) in [6, 6.07) is 7.40. The molecule has 1 aliphatic rings. The lowest BCUT2D eigenvalue weighted by Gasteiger charge is -2.12. The number of hydrogen-bond acceptors (Lipinski definition) is 5. The van der Waals surface area contributed by atoms with E-state index in [9.17, 15) is 4.79 Å². The molecule has 3 aromatic rings. The lowest BCUT2D eigenvalue weighted by Crippen LogP contribution is -2.13. The van der Waals surface area contributed by atoms with E-state index >= 15 is 0 Å². The van der Waals surface area contributed by atoms with Crippen LogP contribution in [-0.4, -0.2) is 24.7 Å². The fourth-order valence-corrected chi connectivity index (χ4v) is 3.82. The van der Waals surface area contributed by atoms with Gasteiger partial charge < -0.3 is 9.55 Å². The number of aromatic nitrogens is 5. The van der Waals surface area contributed by atoms with Crippen molar-refractivity contribution in [1.82, 2.24) is 24.7 Å². The van der Waals surface area contributed by atoms with Crippen molar-refractivity contribution >= 4 is 22.7 Å². The molecule has 1 atom stereocenters. The number of hydrogen-bond donors (Lipinski definition) is 1. The molecule has 1 fully saturated rings. The summed E-state index contributed by atoms with van der Waals surface area (Å²) in [6.45, 7) is 5.00. The normalized spacial score (nSPS) is 15.8. The predicted molar refractivity (Wildman–Crippen MR) is 94.3 cm³/mol. The number of nitrogens with one attached hydrogen (secondary N) is 1. The number of nitrogens with zero attached hydrogens (tertiary/aromatic N) is 4. The highest BCUT2D eigenvalue weighted by molar-refractivity contribution is 7.99. The lowest BCUT2D eigenvalue weighted by atomic mass is 10.2. The monoisotopic (exact) mass is 341 g/mol. The van der Waals surface area contributed by atoms with E-state index in [1.165, 1.54) is 12.8 Å². The number of para-hydroxylation sites is 1. The van der Waals surface area contributed by atoms with Crippen molar-refractivity contribution in [3.8, 4) is 0 Å². The Morgan fingerprint density at radius 2 is 2.12 bits per heavy atom. The SMILES string of the molecule is CCn1c(S[C@H](C)c2nc3ccccc3c(=O)[nH]2)nnc1C1CC1. The van der Waals surface area contributed by atoms with E-state index in [1.54, 1.807) is 17.8 Å². The summed E-state index contributed by atoms with van der Waals surface area (Å²) in [5.41, 5.74) is 0.623. The molecule has 0 saturated heterocycles. The van der Waals surface area contributed by atoms with E-state index in [0.29, 0.717) is 17.1 Å². The molecule has 0 unspecified atom stereocenters. The number of fused-ring (bicyclic) bond motifs is 1. The van der Waals surface area contributed by atoms with Gasteiger partial charge in [-0.1, -0.05) is 23.9 Å². The van der Waals surface area contributed by atoms with Crippen molar-refractivity contribution in [2.75, 3.05) is 0 Å². The van der Waals surface area contributed by atoms with Crippen molar-refractivity contribution in [1.29, 1.82) is 0 Å². The zero-order valence-corrected chi connectivity index (χ0v) is 14.5. The first-order chi connectivity index (χ1) is 11.7. The van der Waals surface area contributed by atoms with Gasteiger partial charge in [-0.3, -0.25) is 4.79 Å².